The molecule has 3 heteroatoms. The van der Waals surface area contributed by atoms with E-state index in [0.29, 0.717) is 6.54 Å². The van der Waals surface area contributed by atoms with Crippen molar-refractivity contribution in [3.8, 4) is 5.75 Å². The fraction of sp³-hybridized carbons (Fsp3) is 0.500. The first kappa shape index (κ1) is 12.5. The summed E-state index contributed by atoms with van der Waals surface area (Å²) in [5, 5.41) is 1.13. The third-order valence-corrected chi connectivity index (χ3v) is 4.45. The van der Waals surface area contributed by atoms with Crippen molar-refractivity contribution in [1.82, 2.24) is 0 Å². The van der Waals surface area contributed by atoms with Gasteiger partial charge in [0, 0.05) is 23.4 Å². The van der Waals surface area contributed by atoms with Crippen molar-refractivity contribution in [2.45, 2.75) is 37.5 Å². The van der Waals surface area contributed by atoms with Crippen LogP contribution in [0.4, 0.5) is 0 Å². The number of hydrogen-bond acceptors (Lipinski definition) is 3. The first-order chi connectivity index (χ1) is 9.27. The largest absolute Gasteiger partial charge is 0.497 e. The van der Waals surface area contributed by atoms with E-state index in [1.165, 1.54) is 19.3 Å². The van der Waals surface area contributed by atoms with Crippen LogP contribution in [0.5, 0.6) is 5.75 Å². The van der Waals surface area contributed by atoms with Gasteiger partial charge in [-0.1, -0.05) is 19.3 Å². The van der Waals surface area contributed by atoms with Crippen LogP contribution in [0.15, 0.2) is 28.7 Å². The molecule has 102 valence electrons. The molecule has 19 heavy (non-hydrogen) atoms. The molecule has 0 atom stereocenters. The number of methoxy groups -OCH3 is 1. The summed E-state index contributed by atoms with van der Waals surface area (Å²) in [6.45, 7) is 0.671. The summed E-state index contributed by atoms with van der Waals surface area (Å²) in [6.07, 6.45) is 6.09. The summed E-state index contributed by atoms with van der Waals surface area (Å²) in [5.41, 5.74) is 7.01. The second-order valence-corrected chi connectivity index (χ2v) is 5.56. The molecular formula is C16H21NO2. The zero-order chi connectivity index (χ0) is 13.3. The van der Waals surface area contributed by atoms with Gasteiger partial charge in [0.15, 0.2) is 0 Å². The van der Waals surface area contributed by atoms with Crippen LogP contribution in [0.25, 0.3) is 11.0 Å². The smallest absolute Gasteiger partial charge is 0.137 e. The van der Waals surface area contributed by atoms with Crippen LogP contribution in [-0.4, -0.2) is 13.7 Å². The summed E-state index contributed by atoms with van der Waals surface area (Å²) in [5.74, 6) is 1.89. The molecule has 1 aliphatic carbocycles. The third kappa shape index (κ3) is 2.12. The summed E-state index contributed by atoms with van der Waals surface area (Å²) in [6, 6.07) is 8.13. The molecule has 1 fully saturated rings. The van der Waals surface area contributed by atoms with Gasteiger partial charge >= 0.3 is 0 Å². The lowest BCUT2D eigenvalue weighted by molar-refractivity contribution is 0.257. The van der Waals surface area contributed by atoms with E-state index >= 15 is 0 Å². The molecule has 0 unspecified atom stereocenters. The van der Waals surface area contributed by atoms with Crippen LogP contribution in [0.3, 0.4) is 0 Å². The van der Waals surface area contributed by atoms with Crippen molar-refractivity contribution in [3.05, 3.63) is 30.0 Å². The molecule has 1 aliphatic rings. The highest BCUT2D eigenvalue weighted by atomic mass is 16.5. The van der Waals surface area contributed by atoms with Gasteiger partial charge < -0.3 is 14.9 Å². The molecule has 0 radical (unpaired) electrons. The van der Waals surface area contributed by atoms with E-state index in [9.17, 15) is 0 Å². The van der Waals surface area contributed by atoms with Crippen LogP contribution in [0.2, 0.25) is 0 Å². The van der Waals surface area contributed by atoms with Gasteiger partial charge in [0.2, 0.25) is 0 Å². The van der Waals surface area contributed by atoms with Gasteiger partial charge in [0.05, 0.1) is 7.11 Å². The van der Waals surface area contributed by atoms with Crippen molar-refractivity contribution in [3.63, 3.8) is 0 Å². The zero-order valence-corrected chi connectivity index (χ0v) is 11.4. The maximum Gasteiger partial charge on any atom is 0.137 e. The number of furan rings is 1. The Morgan fingerprint density at radius 3 is 2.68 bits per heavy atom. The monoisotopic (exact) mass is 259 g/mol. The van der Waals surface area contributed by atoms with Crippen molar-refractivity contribution in [1.29, 1.82) is 0 Å². The highest BCUT2D eigenvalue weighted by molar-refractivity contribution is 5.79. The Morgan fingerprint density at radius 1 is 1.21 bits per heavy atom. The highest BCUT2D eigenvalue weighted by Crippen LogP contribution is 2.41. The van der Waals surface area contributed by atoms with Crippen molar-refractivity contribution in [2.75, 3.05) is 13.7 Å². The van der Waals surface area contributed by atoms with Gasteiger partial charge in [-0.05, 0) is 31.0 Å². The van der Waals surface area contributed by atoms with Gasteiger partial charge in [-0.3, -0.25) is 0 Å². The minimum absolute atomic E-state index is 0.0461. The van der Waals surface area contributed by atoms with Crippen LogP contribution in [0.1, 0.15) is 37.9 Å². The van der Waals surface area contributed by atoms with Gasteiger partial charge in [-0.2, -0.15) is 0 Å². The van der Waals surface area contributed by atoms with Crippen molar-refractivity contribution >= 4 is 11.0 Å². The van der Waals surface area contributed by atoms with Crippen LogP contribution < -0.4 is 10.5 Å². The second-order valence-electron chi connectivity index (χ2n) is 5.56. The van der Waals surface area contributed by atoms with Gasteiger partial charge in [-0.25, -0.2) is 0 Å². The number of hydrogen-bond donors (Lipinski definition) is 1. The Balaban J connectivity index is 2.03. The maximum atomic E-state index is 6.08. The third-order valence-electron chi connectivity index (χ3n) is 4.45. The summed E-state index contributed by atoms with van der Waals surface area (Å²) >= 11 is 0. The first-order valence-electron chi connectivity index (χ1n) is 7.05. The van der Waals surface area contributed by atoms with Crippen LogP contribution in [-0.2, 0) is 5.41 Å². The van der Waals surface area contributed by atoms with Gasteiger partial charge in [0.25, 0.3) is 0 Å². The molecule has 3 nitrogen and oxygen atoms in total. The Labute approximate surface area is 113 Å². The van der Waals surface area contributed by atoms with Crippen molar-refractivity contribution in [2.24, 2.45) is 5.73 Å². The minimum Gasteiger partial charge on any atom is -0.497 e. The summed E-state index contributed by atoms with van der Waals surface area (Å²) < 4.78 is 11.3. The lowest BCUT2D eigenvalue weighted by atomic mass is 9.72. The normalized spacial score (nSPS) is 18.6. The molecule has 1 aromatic carbocycles. The summed E-state index contributed by atoms with van der Waals surface area (Å²) in [4.78, 5) is 0. The number of benzene rings is 1. The Kier molecular flexibility index (Phi) is 3.23. The molecule has 0 bridgehead atoms. The van der Waals surface area contributed by atoms with E-state index in [2.05, 4.69) is 6.07 Å². The Hall–Kier alpha value is -1.48. The number of rotatable bonds is 3. The zero-order valence-electron chi connectivity index (χ0n) is 11.4. The highest BCUT2D eigenvalue weighted by Gasteiger charge is 2.35. The topological polar surface area (TPSA) is 48.4 Å². The SMILES string of the molecule is COc1ccc2cc(C3(CN)CCCCC3)oc2c1. The lowest BCUT2D eigenvalue weighted by Crippen LogP contribution is -2.36. The molecule has 2 N–H and O–H groups in total. The predicted octanol–water partition coefficient (Wildman–Crippen LogP) is 3.60. The fourth-order valence-corrected chi connectivity index (χ4v) is 3.18. The Morgan fingerprint density at radius 2 is 2.00 bits per heavy atom. The molecule has 2 aromatic rings. The molecule has 1 heterocycles. The number of ether oxygens (including phenoxy) is 1. The van der Waals surface area contributed by atoms with E-state index in [1.807, 2.05) is 18.2 Å². The average molecular weight is 259 g/mol. The number of fused-ring (bicyclic) bond motifs is 1. The lowest BCUT2D eigenvalue weighted by Gasteiger charge is -2.34. The molecule has 0 spiro atoms. The molecule has 1 saturated carbocycles. The summed E-state index contributed by atoms with van der Waals surface area (Å²) in [7, 11) is 1.67. The van der Waals surface area contributed by atoms with E-state index in [-0.39, 0.29) is 5.41 Å². The van der Waals surface area contributed by atoms with Crippen LogP contribution in [0, 0.1) is 0 Å². The maximum absolute atomic E-state index is 6.08. The predicted molar refractivity (Wildman–Crippen MR) is 76.6 cm³/mol. The Bertz CT molecular complexity index is 567. The molecule has 1 aromatic heterocycles. The van der Waals surface area contributed by atoms with Crippen LogP contribution >= 0.6 is 0 Å². The average Bonchev–Trinajstić information content (AvgIpc) is 2.91. The van der Waals surface area contributed by atoms with Gasteiger partial charge in [0.1, 0.15) is 17.1 Å². The molecule has 0 aliphatic heterocycles. The first-order valence-corrected chi connectivity index (χ1v) is 7.05. The van der Waals surface area contributed by atoms with Crippen molar-refractivity contribution < 1.29 is 9.15 Å². The molecule has 0 saturated heterocycles. The molecular weight excluding hydrogens is 238 g/mol. The second kappa shape index (κ2) is 4.89. The standard InChI is InChI=1S/C16H21NO2/c1-18-13-6-5-12-9-15(19-14(12)10-13)16(11-17)7-3-2-4-8-16/h5-6,9-10H,2-4,7-8,11,17H2,1H3. The molecule has 3 rings (SSSR count). The quantitative estimate of drug-likeness (QED) is 0.916. The van der Waals surface area contributed by atoms with E-state index in [1.54, 1.807) is 7.11 Å². The van der Waals surface area contributed by atoms with E-state index in [0.717, 1.165) is 35.3 Å². The minimum atomic E-state index is 0.0461. The van der Waals surface area contributed by atoms with Gasteiger partial charge in [-0.15, -0.1) is 0 Å². The molecule has 0 amide bonds. The van der Waals surface area contributed by atoms with E-state index < -0.39 is 0 Å². The number of nitrogens with two attached hydrogens (primary N) is 1. The fourth-order valence-electron chi connectivity index (χ4n) is 3.18. The van der Waals surface area contributed by atoms with E-state index in [4.69, 9.17) is 14.9 Å².